The predicted molar refractivity (Wildman–Crippen MR) is 157 cm³/mol. The number of likely N-dealkylation sites (tertiary alicyclic amines) is 1. The number of ether oxygens (including phenoxy) is 2. The van der Waals surface area contributed by atoms with E-state index >= 15 is 0 Å². The SMILES string of the molecule is CO[C@@H]1C[C@@H](COc2nc3c(c(N4CCN[C@@H](CC#N)C4)n2)CCN(c2cccc4cccc(Cl)c24)C3)N(C)C1. The molecule has 2 aromatic carbocycles. The van der Waals surface area contributed by atoms with Crippen molar-refractivity contribution in [1.29, 1.82) is 5.26 Å². The van der Waals surface area contributed by atoms with Crippen LogP contribution < -0.4 is 19.9 Å². The first kappa shape index (κ1) is 27.0. The number of nitriles is 1. The highest BCUT2D eigenvalue weighted by Gasteiger charge is 2.32. The zero-order chi connectivity index (χ0) is 27.6. The summed E-state index contributed by atoms with van der Waals surface area (Å²) in [5.74, 6) is 0.939. The number of aromatic nitrogens is 2. The van der Waals surface area contributed by atoms with Crippen LogP contribution in [0.5, 0.6) is 6.01 Å². The highest BCUT2D eigenvalue weighted by molar-refractivity contribution is 6.36. The number of nitrogens with zero attached hydrogens (tertiary/aromatic N) is 6. The molecule has 0 saturated carbocycles. The van der Waals surface area contributed by atoms with Crippen molar-refractivity contribution in [3.63, 3.8) is 0 Å². The van der Waals surface area contributed by atoms with Crippen LogP contribution in [0.15, 0.2) is 36.4 Å². The summed E-state index contributed by atoms with van der Waals surface area (Å²) < 4.78 is 11.9. The molecule has 210 valence electrons. The Hall–Kier alpha value is -3.16. The lowest BCUT2D eigenvalue weighted by Gasteiger charge is -2.37. The summed E-state index contributed by atoms with van der Waals surface area (Å²) in [4.78, 5) is 16.9. The molecule has 0 bridgehead atoms. The number of hydrogen-bond donors (Lipinski definition) is 1. The van der Waals surface area contributed by atoms with Crippen LogP contribution in [0.1, 0.15) is 24.1 Å². The second-order valence-corrected chi connectivity index (χ2v) is 11.4. The third-order valence-electron chi connectivity index (χ3n) is 8.48. The van der Waals surface area contributed by atoms with E-state index in [4.69, 9.17) is 31.0 Å². The number of likely N-dealkylation sites (N-methyl/N-ethyl adjacent to an activating group) is 1. The average molecular weight is 562 g/mol. The Balaban J connectivity index is 1.32. The zero-order valence-corrected chi connectivity index (χ0v) is 23.9. The van der Waals surface area contributed by atoms with Gasteiger partial charge in [-0.1, -0.05) is 35.9 Å². The van der Waals surface area contributed by atoms with Gasteiger partial charge in [-0.05, 0) is 37.4 Å². The second-order valence-electron chi connectivity index (χ2n) is 11.0. The minimum atomic E-state index is 0.116. The van der Waals surface area contributed by atoms with Gasteiger partial charge in [0, 0.05) is 68.6 Å². The summed E-state index contributed by atoms with van der Waals surface area (Å²) in [6.45, 7) is 5.27. The van der Waals surface area contributed by atoms with Gasteiger partial charge in [-0.3, -0.25) is 4.90 Å². The van der Waals surface area contributed by atoms with E-state index in [1.54, 1.807) is 7.11 Å². The van der Waals surface area contributed by atoms with Crippen molar-refractivity contribution in [2.75, 3.05) is 63.3 Å². The number of benzene rings is 2. The first-order chi connectivity index (χ1) is 19.5. The quantitative estimate of drug-likeness (QED) is 0.464. The van der Waals surface area contributed by atoms with Crippen molar-refractivity contribution in [1.82, 2.24) is 20.2 Å². The first-order valence-electron chi connectivity index (χ1n) is 14.1. The number of rotatable bonds is 7. The monoisotopic (exact) mass is 561 g/mol. The minimum absolute atomic E-state index is 0.116. The molecule has 1 N–H and O–H groups in total. The van der Waals surface area contributed by atoms with Crippen molar-refractivity contribution in [3.8, 4) is 12.1 Å². The van der Waals surface area contributed by atoms with Crippen molar-refractivity contribution in [2.24, 2.45) is 0 Å². The molecule has 3 aromatic rings. The van der Waals surface area contributed by atoms with Crippen LogP contribution in [-0.4, -0.2) is 86.5 Å². The van der Waals surface area contributed by atoms with E-state index in [-0.39, 0.29) is 18.2 Å². The predicted octanol–water partition coefficient (Wildman–Crippen LogP) is 3.64. The van der Waals surface area contributed by atoms with Crippen molar-refractivity contribution < 1.29 is 9.47 Å². The lowest BCUT2D eigenvalue weighted by molar-refractivity contribution is 0.111. The van der Waals surface area contributed by atoms with Crippen molar-refractivity contribution in [2.45, 2.75) is 44.0 Å². The number of anilines is 2. The molecule has 10 heteroatoms. The van der Waals surface area contributed by atoms with E-state index in [2.05, 4.69) is 57.4 Å². The van der Waals surface area contributed by atoms with Gasteiger partial charge >= 0.3 is 6.01 Å². The molecule has 0 spiro atoms. The van der Waals surface area contributed by atoms with Gasteiger partial charge in [0.05, 0.1) is 35.9 Å². The molecule has 0 aliphatic carbocycles. The summed E-state index contributed by atoms with van der Waals surface area (Å²) in [5.41, 5.74) is 3.27. The average Bonchev–Trinajstić information content (AvgIpc) is 3.35. The van der Waals surface area contributed by atoms with E-state index in [1.807, 2.05) is 12.1 Å². The topological polar surface area (TPSA) is 89.8 Å². The highest BCUT2D eigenvalue weighted by atomic mass is 35.5. The molecule has 4 heterocycles. The molecular weight excluding hydrogens is 526 g/mol. The Labute approximate surface area is 240 Å². The molecule has 0 radical (unpaired) electrons. The van der Waals surface area contributed by atoms with E-state index in [1.165, 1.54) is 5.56 Å². The van der Waals surface area contributed by atoms with Crippen LogP contribution in [0.3, 0.4) is 0 Å². The Morgan fingerprint density at radius 1 is 1.12 bits per heavy atom. The molecule has 40 heavy (non-hydrogen) atoms. The molecule has 2 fully saturated rings. The molecule has 3 aliphatic heterocycles. The molecule has 6 rings (SSSR count). The molecule has 0 unspecified atom stereocenters. The maximum absolute atomic E-state index is 9.29. The van der Waals surface area contributed by atoms with Gasteiger partial charge in [0.1, 0.15) is 12.4 Å². The van der Waals surface area contributed by atoms with Gasteiger partial charge in [-0.15, -0.1) is 0 Å². The molecule has 9 nitrogen and oxygen atoms in total. The lowest BCUT2D eigenvalue weighted by Crippen LogP contribution is -2.51. The van der Waals surface area contributed by atoms with Crippen LogP contribution >= 0.6 is 11.6 Å². The zero-order valence-electron chi connectivity index (χ0n) is 23.1. The van der Waals surface area contributed by atoms with Gasteiger partial charge in [0.25, 0.3) is 0 Å². The molecule has 2 saturated heterocycles. The van der Waals surface area contributed by atoms with E-state index in [0.29, 0.717) is 25.6 Å². The number of methoxy groups -OCH3 is 1. The number of piperazine rings is 1. The Morgan fingerprint density at radius 3 is 2.77 bits per heavy atom. The Morgan fingerprint density at radius 2 is 1.98 bits per heavy atom. The normalized spacial score (nSPS) is 23.3. The fourth-order valence-electron chi connectivity index (χ4n) is 6.29. The van der Waals surface area contributed by atoms with Crippen molar-refractivity contribution >= 4 is 33.9 Å². The fourth-order valence-corrected chi connectivity index (χ4v) is 6.57. The van der Waals surface area contributed by atoms with Gasteiger partial charge < -0.3 is 24.6 Å². The summed E-state index contributed by atoms with van der Waals surface area (Å²) in [6.07, 6.45) is 2.43. The number of fused-ring (bicyclic) bond motifs is 2. The van der Waals surface area contributed by atoms with E-state index in [0.717, 1.165) is 78.6 Å². The smallest absolute Gasteiger partial charge is 0.318 e. The van der Waals surface area contributed by atoms with Crippen molar-refractivity contribution in [3.05, 3.63) is 52.7 Å². The maximum atomic E-state index is 9.29. The third kappa shape index (κ3) is 5.41. The third-order valence-corrected chi connectivity index (χ3v) is 8.79. The first-order valence-corrected chi connectivity index (χ1v) is 14.4. The standard InChI is InChI=1S/C30H36ClN7O2/c1-36-17-23(39-2)15-22(36)19-40-30-34-26-18-37(27-8-4-6-20-5-3-7-25(31)28(20)27)13-10-24(26)29(35-30)38-14-12-33-21(16-38)9-11-32/h3-8,21-23,33H,9-10,12-19H2,1-2H3/t21-,22-,23+/m0/s1. The number of nitrogens with one attached hydrogen (secondary N) is 1. The highest BCUT2D eigenvalue weighted by Crippen LogP contribution is 2.37. The largest absolute Gasteiger partial charge is 0.462 e. The minimum Gasteiger partial charge on any atom is -0.462 e. The van der Waals surface area contributed by atoms with Crippen LogP contribution in [0.25, 0.3) is 10.8 Å². The summed E-state index contributed by atoms with van der Waals surface area (Å²) in [7, 11) is 3.87. The lowest BCUT2D eigenvalue weighted by atomic mass is 10.0. The molecular formula is C30H36ClN7O2. The second kappa shape index (κ2) is 11.8. The Kier molecular flexibility index (Phi) is 7.94. The number of halogens is 1. The molecule has 3 atom stereocenters. The Bertz CT molecular complexity index is 1410. The van der Waals surface area contributed by atoms with Crippen LogP contribution in [0.4, 0.5) is 11.5 Å². The summed E-state index contributed by atoms with van der Waals surface area (Å²) >= 11 is 6.69. The maximum Gasteiger partial charge on any atom is 0.318 e. The molecule has 1 aromatic heterocycles. The fraction of sp³-hybridized carbons (Fsp3) is 0.500. The number of hydrogen-bond acceptors (Lipinski definition) is 9. The van der Waals surface area contributed by atoms with E-state index < -0.39 is 0 Å². The van der Waals surface area contributed by atoms with Crippen LogP contribution in [0.2, 0.25) is 5.02 Å². The van der Waals surface area contributed by atoms with Gasteiger partial charge in [0.2, 0.25) is 0 Å². The van der Waals surface area contributed by atoms with E-state index in [9.17, 15) is 5.26 Å². The molecule has 3 aliphatic rings. The van der Waals surface area contributed by atoms with Gasteiger partial charge in [0.15, 0.2) is 0 Å². The van der Waals surface area contributed by atoms with Gasteiger partial charge in [-0.2, -0.15) is 15.2 Å². The summed E-state index contributed by atoms with van der Waals surface area (Å²) in [5, 5.41) is 15.7. The van der Waals surface area contributed by atoms with Crippen LogP contribution in [0, 0.1) is 11.3 Å². The molecule has 0 amide bonds. The van der Waals surface area contributed by atoms with Crippen LogP contribution in [-0.2, 0) is 17.7 Å². The van der Waals surface area contributed by atoms with Gasteiger partial charge in [-0.25, -0.2) is 0 Å². The summed E-state index contributed by atoms with van der Waals surface area (Å²) in [6, 6.07) is 15.5.